The minimum Gasteiger partial charge on any atom is -0.452 e. The van der Waals surface area contributed by atoms with Gasteiger partial charge in [0.1, 0.15) is 5.56 Å². The molecule has 2 aromatic rings. The molecule has 1 aromatic heterocycles. The molecular formula is C20H24ClN3O3. The summed E-state index contributed by atoms with van der Waals surface area (Å²) in [5.74, 6) is -0.786. The first-order valence-electron chi connectivity index (χ1n) is 9.19. The number of nitrogens with zero attached hydrogens (tertiary/aromatic N) is 2. The summed E-state index contributed by atoms with van der Waals surface area (Å²) in [6.07, 6.45) is 4.25. The zero-order chi connectivity index (χ0) is 19.4. The van der Waals surface area contributed by atoms with Crippen LogP contribution in [0.25, 0.3) is 0 Å². The number of hydrogen-bond acceptors (Lipinski definition) is 4. The summed E-state index contributed by atoms with van der Waals surface area (Å²) in [6, 6.07) is 7.72. The number of benzene rings is 1. The van der Waals surface area contributed by atoms with Gasteiger partial charge in [0, 0.05) is 11.1 Å². The van der Waals surface area contributed by atoms with Gasteiger partial charge in [-0.2, -0.15) is 5.10 Å². The van der Waals surface area contributed by atoms with Crippen LogP contribution in [-0.4, -0.2) is 34.3 Å². The van der Waals surface area contributed by atoms with Gasteiger partial charge in [-0.25, -0.2) is 4.79 Å². The van der Waals surface area contributed by atoms with Crippen molar-refractivity contribution in [3.63, 3.8) is 0 Å². The zero-order valence-electron chi connectivity index (χ0n) is 15.6. The van der Waals surface area contributed by atoms with Gasteiger partial charge in [-0.05, 0) is 38.3 Å². The van der Waals surface area contributed by atoms with Gasteiger partial charge in [0.25, 0.3) is 5.91 Å². The van der Waals surface area contributed by atoms with E-state index in [0.29, 0.717) is 28.5 Å². The predicted molar refractivity (Wildman–Crippen MR) is 103 cm³/mol. The standard InChI is InChI=1S/C20H24ClN3O3/c1-13-19(20(26)27-12-18(25)22-16-8-4-5-9-16)14(2)24(23-13)11-15-7-3-6-10-17(15)21/h3,6-7,10,16H,4-5,8-9,11-12H2,1-2H3,(H,22,25). The van der Waals surface area contributed by atoms with Crippen molar-refractivity contribution in [2.45, 2.75) is 52.1 Å². The topological polar surface area (TPSA) is 73.2 Å². The molecule has 0 radical (unpaired) electrons. The number of hydrogen-bond donors (Lipinski definition) is 1. The molecule has 1 aliphatic rings. The third-order valence-electron chi connectivity index (χ3n) is 4.92. The Morgan fingerprint density at radius 1 is 1.26 bits per heavy atom. The van der Waals surface area contributed by atoms with E-state index in [1.54, 1.807) is 11.6 Å². The molecule has 1 N–H and O–H groups in total. The SMILES string of the molecule is Cc1nn(Cc2ccccc2Cl)c(C)c1C(=O)OCC(=O)NC1CCCC1. The Morgan fingerprint density at radius 2 is 1.96 bits per heavy atom. The van der Waals surface area contributed by atoms with Gasteiger partial charge in [0.15, 0.2) is 6.61 Å². The number of amides is 1. The van der Waals surface area contributed by atoms with Crippen LogP contribution in [0, 0.1) is 13.8 Å². The Hall–Kier alpha value is -2.34. The molecule has 0 bridgehead atoms. The third kappa shape index (κ3) is 4.69. The van der Waals surface area contributed by atoms with E-state index in [1.807, 2.05) is 31.2 Å². The van der Waals surface area contributed by atoms with E-state index in [9.17, 15) is 9.59 Å². The number of carbonyl (C=O) groups is 2. The number of carbonyl (C=O) groups excluding carboxylic acids is 2. The highest BCUT2D eigenvalue weighted by atomic mass is 35.5. The molecule has 0 aliphatic heterocycles. The zero-order valence-corrected chi connectivity index (χ0v) is 16.4. The smallest absolute Gasteiger partial charge is 0.342 e. The average Bonchev–Trinajstić information content (AvgIpc) is 3.23. The van der Waals surface area contributed by atoms with Crippen LogP contribution >= 0.6 is 11.6 Å². The summed E-state index contributed by atoms with van der Waals surface area (Å²) in [4.78, 5) is 24.4. The Labute approximate surface area is 163 Å². The molecule has 1 aromatic carbocycles. The van der Waals surface area contributed by atoms with Crippen LogP contribution in [0.1, 0.15) is 53.0 Å². The summed E-state index contributed by atoms with van der Waals surface area (Å²) >= 11 is 6.21. The van der Waals surface area contributed by atoms with Crippen molar-refractivity contribution in [2.24, 2.45) is 0 Å². The summed E-state index contributed by atoms with van der Waals surface area (Å²) in [5.41, 5.74) is 2.57. The van der Waals surface area contributed by atoms with E-state index in [1.165, 1.54) is 0 Å². The Balaban J connectivity index is 1.63. The van der Waals surface area contributed by atoms with E-state index in [2.05, 4.69) is 10.4 Å². The van der Waals surface area contributed by atoms with Gasteiger partial charge in [-0.3, -0.25) is 9.48 Å². The lowest BCUT2D eigenvalue weighted by Gasteiger charge is -2.12. The summed E-state index contributed by atoms with van der Waals surface area (Å²) < 4.78 is 6.95. The first kappa shape index (κ1) is 19.4. The second-order valence-corrected chi connectivity index (χ2v) is 7.33. The van der Waals surface area contributed by atoms with Crippen LogP contribution in [0.2, 0.25) is 5.02 Å². The van der Waals surface area contributed by atoms with E-state index in [0.717, 1.165) is 31.2 Å². The Morgan fingerprint density at radius 3 is 2.67 bits per heavy atom. The van der Waals surface area contributed by atoms with Crippen molar-refractivity contribution in [1.29, 1.82) is 0 Å². The minimum absolute atomic E-state index is 0.207. The molecule has 0 saturated heterocycles. The van der Waals surface area contributed by atoms with Gasteiger partial charge >= 0.3 is 5.97 Å². The van der Waals surface area contributed by atoms with Gasteiger partial charge in [0.2, 0.25) is 0 Å². The van der Waals surface area contributed by atoms with Crippen molar-refractivity contribution in [3.05, 3.63) is 51.8 Å². The van der Waals surface area contributed by atoms with Crippen LogP contribution in [0.4, 0.5) is 0 Å². The molecule has 1 fully saturated rings. The molecule has 0 spiro atoms. The fourth-order valence-corrected chi connectivity index (χ4v) is 3.67. The number of nitrogens with one attached hydrogen (secondary N) is 1. The molecule has 1 amide bonds. The Bertz CT molecular complexity index is 841. The number of esters is 1. The largest absolute Gasteiger partial charge is 0.452 e. The van der Waals surface area contributed by atoms with Crippen LogP contribution in [0.15, 0.2) is 24.3 Å². The molecular weight excluding hydrogens is 366 g/mol. The van der Waals surface area contributed by atoms with E-state index in [-0.39, 0.29) is 18.6 Å². The second kappa shape index (κ2) is 8.57. The fraction of sp³-hybridized carbons (Fsp3) is 0.450. The average molecular weight is 390 g/mol. The number of aryl methyl sites for hydroxylation is 1. The molecule has 1 heterocycles. The summed E-state index contributed by atoms with van der Waals surface area (Å²) in [7, 11) is 0. The molecule has 3 rings (SSSR count). The van der Waals surface area contributed by atoms with Crippen LogP contribution < -0.4 is 5.32 Å². The molecule has 7 heteroatoms. The van der Waals surface area contributed by atoms with E-state index >= 15 is 0 Å². The molecule has 1 saturated carbocycles. The number of rotatable bonds is 6. The lowest BCUT2D eigenvalue weighted by atomic mass is 10.2. The monoisotopic (exact) mass is 389 g/mol. The summed E-state index contributed by atoms with van der Waals surface area (Å²) in [5, 5.41) is 7.99. The predicted octanol–water partition coefficient (Wildman–Crippen LogP) is 3.42. The van der Waals surface area contributed by atoms with Crippen molar-refractivity contribution >= 4 is 23.5 Å². The molecule has 0 unspecified atom stereocenters. The van der Waals surface area contributed by atoms with Crippen molar-refractivity contribution in [3.8, 4) is 0 Å². The first-order chi connectivity index (χ1) is 13.0. The highest BCUT2D eigenvalue weighted by molar-refractivity contribution is 6.31. The van der Waals surface area contributed by atoms with Crippen LogP contribution in [-0.2, 0) is 16.1 Å². The second-order valence-electron chi connectivity index (χ2n) is 6.92. The Kier molecular flexibility index (Phi) is 6.16. The fourth-order valence-electron chi connectivity index (χ4n) is 3.48. The molecule has 27 heavy (non-hydrogen) atoms. The maximum atomic E-state index is 12.5. The molecule has 0 atom stereocenters. The van der Waals surface area contributed by atoms with Gasteiger partial charge in [0.05, 0.1) is 17.9 Å². The first-order valence-corrected chi connectivity index (χ1v) is 9.57. The number of aromatic nitrogens is 2. The quantitative estimate of drug-likeness (QED) is 0.768. The maximum Gasteiger partial charge on any atom is 0.342 e. The van der Waals surface area contributed by atoms with Crippen LogP contribution in [0.3, 0.4) is 0 Å². The van der Waals surface area contributed by atoms with E-state index < -0.39 is 5.97 Å². The van der Waals surface area contributed by atoms with Gasteiger partial charge in [-0.1, -0.05) is 42.6 Å². The maximum absolute atomic E-state index is 12.5. The highest BCUT2D eigenvalue weighted by Gasteiger charge is 2.22. The lowest BCUT2D eigenvalue weighted by molar-refractivity contribution is -0.124. The highest BCUT2D eigenvalue weighted by Crippen LogP contribution is 2.20. The summed E-state index contributed by atoms with van der Waals surface area (Å²) in [6.45, 7) is 3.75. The van der Waals surface area contributed by atoms with Crippen molar-refractivity contribution in [2.75, 3.05) is 6.61 Å². The molecule has 144 valence electrons. The third-order valence-corrected chi connectivity index (χ3v) is 5.29. The number of halogens is 1. The van der Waals surface area contributed by atoms with Gasteiger partial charge in [-0.15, -0.1) is 0 Å². The molecule has 6 nitrogen and oxygen atoms in total. The van der Waals surface area contributed by atoms with Crippen molar-refractivity contribution < 1.29 is 14.3 Å². The normalized spacial score (nSPS) is 14.3. The number of ether oxygens (including phenoxy) is 1. The van der Waals surface area contributed by atoms with Crippen LogP contribution in [0.5, 0.6) is 0 Å². The van der Waals surface area contributed by atoms with Gasteiger partial charge < -0.3 is 10.1 Å². The molecule has 1 aliphatic carbocycles. The minimum atomic E-state index is -0.531. The van der Waals surface area contributed by atoms with Crippen molar-refractivity contribution in [1.82, 2.24) is 15.1 Å². The van der Waals surface area contributed by atoms with E-state index in [4.69, 9.17) is 16.3 Å². The lowest BCUT2D eigenvalue weighted by Crippen LogP contribution is -2.36.